The van der Waals surface area contributed by atoms with Crippen LogP contribution < -0.4 is 11.1 Å². The Morgan fingerprint density at radius 1 is 1.58 bits per heavy atom. The van der Waals surface area contributed by atoms with Crippen LogP contribution in [0, 0.1) is 12.3 Å². The number of halogens is 1. The lowest BCUT2D eigenvalue weighted by atomic mass is 9.85. The average Bonchev–Trinajstić information content (AvgIpc) is 2.41. The maximum atomic E-state index is 12.3. The summed E-state index contributed by atoms with van der Waals surface area (Å²) in [5.74, 6) is -0.409. The number of nitrogens with one attached hydrogen (secondary N) is 1. The summed E-state index contributed by atoms with van der Waals surface area (Å²) >= 11 is 3.43. The van der Waals surface area contributed by atoms with E-state index < -0.39 is 5.41 Å². The number of anilines is 1. The van der Waals surface area contributed by atoms with Crippen LogP contribution in [0.15, 0.2) is 27.8 Å². The quantitative estimate of drug-likeness (QED) is 0.344. The second-order valence-electron chi connectivity index (χ2n) is 4.56. The Morgan fingerprint density at radius 3 is 2.74 bits per heavy atom. The highest BCUT2D eigenvalue weighted by Crippen LogP contribution is 2.29. The van der Waals surface area contributed by atoms with Crippen molar-refractivity contribution >= 4 is 33.4 Å². The second-order valence-corrected chi connectivity index (χ2v) is 5.35. The van der Waals surface area contributed by atoms with Gasteiger partial charge in [-0.15, -0.1) is 0 Å². The molecule has 0 bridgehead atoms. The van der Waals surface area contributed by atoms with E-state index in [2.05, 4.69) is 26.4 Å². The van der Waals surface area contributed by atoms with E-state index in [4.69, 9.17) is 10.9 Å². The third-order valence-electron chi connectivity index (χ3n) is 3.32. The van der Waals surface area contributed by atoms with Crippen molar-refractivity contribution in [1.82, 2.24) is 0 Å². The van der Waals surface area contributed by atoms with E-state index in [9.17, 15) is 4.79 Å². The molecule has 0 spiro atoms. The summed E-state index contributed by atoms with van der Waals surface area (Å²) in [4.78, 5) is 12.3. The van der Waals surface area contributed by atoms with Gasteiger partial charge in [-0.3, -0.25) is 4.79 Å². The first-order valence-electron chi connectivity index (χ1n) is 5.91. The first kappa shape index (κ1) is 15.5. The van der Waals surface area contributed by atoms with Gasteiger partial charge in [0.15, 0.2) is 5.84 Å². The maximum Gasteiger partial charge on any atom is 0.238 e. The fraction of sp³-hybridized carbons (Fsp3) is 0.385. The van der Waals surface area contributed by atoms with E-state index >= 15 is 0 Å². The predicted molar refractivity (Wildman–Crippen MR) is 79.3 cm³/mol. The number of benzene rings is 1. The van der Waals surface area contributed by atoms with Crippen LogP contribution in [0.4, 0.5) is 5.69 Å². The Morgan fingerprint density at radius 2 is 2.21 bits per heavy atom. The van der Waals surface area contributed by atoms with E-state index in [-0.39, 0.29) is 11.7 Å². The fourth-order valence-corrected chi connectivity index (χ4v) is 1.94. The Hall–Kier alpha value is -1.56. The van der Waals surface area contributed by atoms with Crippen molar-refractivity contribution in [3.05, 3.63) is 28.2 Å². The monoisotopic (exact) mass is 327 g/mol. The molecular formula is C13H18BrN3O2. The SMILES string of the molecule is CCC(C)(C(=O)Nc1cccc(C)c1Br)/C(N)=N/O. The Balaban J connectivity index is 3.05. The van der Waals surface area contributed by atoms with Gasteiger partial charge in [0.2, 0.25) is 5.91 Å². The molecule has 1 atom stereocenters. The van der Waals surface area contributed by atoms with Gasteiger partial charge in [-0.05, 0) is 47.8 Å². The average molecular weight is 328 g/mol. The molecule has 1 rings (SSSR count). The van der Waals surface area contributed by atoms with Crippen LogP contribution in [0.3, 0.4) is 0 Å². The summed E-state index contributed by atoms with van der Waals surface area (Å²) in [6.45, 7) is 5.38. The molecule has 1 aromatic rings. The van der Waals surface area contributed by atoms with Crippen molar-refractivity contribution in [3.8, 4) is 0 Å². The van der Waals surface area contributed by atoms with Gasteiger partial charge in [0.05, 0.1) is 5.69 Å². The smallest absolute Gasteiger partial charge is 0.238 e. The third-order valence-corrected chi connectivity index (χ3v) is 4.37. The van der Waals surface area contributed by atoms with E-state index in [0.29, 0.717) is 12.1 Å². The number of aryl methyl sites for hydroxylation is 1. The first-order chi connectivity index (χ1) is 8.86. The van der Waals surface area contributed by atoms with Gasteiger partial charge in [-0.2, -0.15) is 0 Å². The van der Waals surface area contributed by atoms with Crippen LogP contribution in [0.2, 0.25) is 0 Å². The molecule has 0 aliphatic heterocycles. The summed E-state index contributed by atoms with van der Waals surface area (Å²) in [6.07, 6.45) is 0.429. The molecule has 4 N–H and O–H groups in total. The molecule has 5 nitrogen and oxygen atoms in total. The summed E-state index contributed by atoms with van der Waals surface area (Å²) in [5.41, 5.74) is 6.24. The van der Waals surface area contributed by atoms with E-state index in [1.54, 1.807) is 13.0 Å². The van der Waals surface area contributed by atoms with Crippen LogP contribution in [-0.4, -0.2) is 17.0 Å². The highest BCUT2D eigenvalue weighted by atomic mass is 79.9. The molecule has 19 heavy (non-hydrogen) atoms. The number of amides is 1. The van der Waals surface area contributed by atoms with Crippen LogP contribution in [-0.2, 0) is 4.79 Å². The molecular weight excluding hydrogens is 310 g/mol. The van der Waals surface area contributed by atoms with Gasteiger partial charge in [-0.25, -0.2) is 0 Å². The minimum Gasteiger partial charge on any atom is -0.409 e. The minimum atomic E-state index is -1.04. The number of nitrogens with zero attached hydrogens (tertiary/aromatic N) is 1. The van der Waals surface area contributed by atoms with Crippen molar-refractivity contribution in [3.63, 3.8) is 0 Å². The fourth-order valence-electron chi connectivity index (χ4n) is 1.57. The molecule has 1 unspecified atom stereocenters. The number of hydrogen-bond acceptors (Lipinski definition) is 3. The third kappa shape index (κ3) is 3.07. The van der Waals surface area contributed by atoms with Gasteiger partial charge in [0, 0.05) is 4.47 Å². The summed E-state index contributed by atoms with van der Waals surface area (Å²) in [5, 5.41) is 14.5. The Labute approximate surface area is 121 Å². The molecule has 0 saturated heterocycles. The zero-order valence-electron chi connectivity index (χ0n) is 11.2. The number of amidine groups is 1. The number of rotatable bonds is 4. The predicted octanol–water partition coefficient (Wildman–Crippen LogP) is 2.86. The molecule has 0 radical (unpaired) electrons. The summed E-state index contributed by atoms with van der Waals surface area (Å²) in [6, 6.07) is 5.57. The maximum absolute atomic E-state index is 12.3. The number of nitrogens with two attached hydrogens (primary N) is 1. The first-order valence-corrected chi connectivity index (χ1v) is 6.70. The van der Waals surface area contributed by atoms with Gasteiger partial charge >= 0.3 is 0 Å². The molecule has 0 fully saturated rings. The highest BCUT2D eigenvalue weighted by Gasteiger charge is 2.36. The zero-order valence-corrected chi connectivity index (χ0v) is 12.8. The molecule has 0 heterocycles. The minimum absolute atomic E-state index is 0.101. The normalized spacial score (nSPS) is 14.8. The topological polar surface area (TPSA) is 87.7 Å². The van der Waals surface area contributed by atoms with Gasteiger partial charge < -0.3 is 16.3 Å². The molecule has 1 amide bonds. The number of carbonyl (C=O) groups excluding carboxylic acids is 1. The number of carbonyl (C=O) groups is 1. The van der Waals surface area contributed by atoms with Crippen LogP contribution >= 0.6 is 15.9 Å². The van der Waals surface area contributed by atoms with Crippen molar-refractivity contribution in [2.45, 2.75) is 27.2 Å². The number of oxime groups is 1. The summed E-state index contributed by atoms with van der Waals surface area (Å²) < 4.78 is 0.821. The molecule has 104 valence electrons. The number of hydrogen-bond donors (Lipinski definition) is 3. The highest BCUT2D eigenvalue weighted by molar-refractivity contribution is 9.10. The van der Waals surface area contributed by atoms with Gasteiger partial charge in [0.25, 0.3) is 0 Å². The van der Waals surface area contributed by atoms with E-state index in [0.717, 1.165) is 10.0 Å². The van der Waals surface area contributed by atoms with Crippen LogP contribution in [0.5, 0.6) is 0 Å². The second kappa shape index (κ2) is 6.06. The Kier molecular flexibility index (Phi) is 4.94. The van der Waals surface area contributed by atoms with Crippen LogP contribution in [0.1, 0.15) is 25.8 Å². The van der Waals surface area contributed by atoms with Crippen LogP contribution in [0.25, 0.3) is 0 Å². The molecule has 0 aromatic heterocycles. The molecule has 0 aliphatic rings. The van der Waals surface area contributed by atoms with Gasteiger partial charge in [0.1, 0.15) is 5.41 Å². The van der Waals surface area contributed by atoms with Gasteiger partial charge in [-0.1, -0.05) is 24.2 Å². The molecule has 6 heteroatoms. The van der Waals surface area contributed by atoms with Crippen molar-refractivity contribution in [1.29, 1.82) is 0 Å². The van der Waals surface area contributed by atoms with Crippen molar-refractivity contribution in [2.75, 3.05) is 5.32 Å². The van der Waals surface area contributed by atoms with E-state index in [1.165, 1.54) is 0 Å². The molecule has 0 aliphatic carbocycles. The lowest BCUT2D eigenvalue weighted by Gasteiger charge is -2.25. The standard InChI is InChI=1S/C13H18BrN3O2/c1-4-13(3,11(15)17-19)12(18)16-9-7-5-6-8(2)10(9)14/h5-7,19H,4H2,1-3H3,(H2,15,17)(H,16,18). The molecule has 0 saturated carbocycles. The lowest BCUT2D eigenvalue weighted by Crippen LogP contribution is -2.44. The summed E-state index contributed by atoms with van der Waals surface area (Å²) in [7, 11) is 0. The Bertz CT molecular complexity index is 517. The van der Waals surface area contributed by atoms with E-state index in [1.807, 2.05) is 26.0 Å². The molecule has 1 aromatic carbocycles. The largest absolute Gasteiger partial charge is 0.409 e. The van der Waals surface area contributed by atoms with Crippen molar-refractivity contribution in [2.24, 2.45) is 16.3 Å². The lowest BCUT2D eigenvalue weighted by molar-refractivity contribution is -0.121. The zero-order chi connectivity index (χ0) is 14.6. The van der Waals surface area contributed by atoms with Crippen molar-refractivity contribution < 1.29 is 10.0 Å².